The molecule has 0 radical (unpaired) electrons. The van der Waals surface area contributed by atoms with E-state index in [1.54, 1.807) is 7.05 Å². The zero-order valence-corrected chi connectivity index (χ0v) is 14.6. The van der Waals surface area contributed by atoms with Crippen molar-refractivity contribution in [3.63, 3.8) is 0 Å². The first-order chi connectivity index (χ1) is 12.0. The van der Waals surface area contributed by atoms with Gasteiger partial charge in [0.05, 0.1) is 13.0 Å². The summed E-state index contributed by atoms with van der Waals surface area (Å²) in [6.07, 6.45) is 0.174. The van der Waals surface area contributed by atoms with Crippen LogP contribution in [0.4, 0.5) is 4.79 Å². The molecule has 1 aliphatic rings. The van der Waals surface area contributed by atoms with Crippen LogP contribution >= 0.6 is 0 Å². The van der Waals surface area contributed by atoms with E-state index >= 15 is 0 Å². The van der Waals surface area contributed by atoms with Crippen LogP contribution in [0, 0.1) is 0 Å². The molecule has 1 amide bonds. The van der Waals surface area contributed by atoms with E-state index in [0.29, 0.717) is 12.2 Å². The molecule has 138 valence electrons. The molecule has 1 aromatic carbocycles. The molecule has 0 aliphatic carbocycles. The van der Waals surface area contributed by atoms with E-state index in [0.717, 1.165) is 11.3 Å². The normalized spacial score (nSPS) is 13.2. The van der Waals surface area contributed by atoms with Gasteiger partial charge >= 0.3 is 12.1 Å². The van der Waals surface area contributed by atoms with Gasteiger partial charge in [0.2, 0.25) is 13.6 Å². The van der Waals surface area contributed by atoms with Crippen molar-refractivity contribution in [3.8, 4) is 11.5 Å². The quantitative estimate of drug-likeness (QED) is 0.522. The number of benzene rings is 1. The number of methoxy groups -OCH3 is 1. The summed E-state index contributed by atoms with van der Waals surface area (Å²) in [6, 6.07) is 5.57. The zero-order valence-electron chi connectivity index (χ0n) is 14.6. The second-order valence-electron chi connectivity index (χ2n) is 5.64. The molecule has 2 rings (SSSR count). The maximum atomic E-state index is 12.0. The second kappa shape index (κ2) is 9.12. The number of carbonyl (C=O) groups is 2. The summed E-state index contributed by atoms with van der Waals surface area (Å²) in [6.45, 7) is 1.97. The van der Waals surface area contributed by atoms with Gasteiger partial charge < -0.3 is 28.6 Å². The first-order valence-corrected chi connectivity index (χ1v) is 7.94. The smallest absolute Gasteiger partial charge is 0.412 e. The maximum Gasteiger partial charge on any atom is 0.412 e. The van der Waals surface area contributed by atoms with E-state index in [-0.39, 0.29) is 25.9 Å². The van der Waals surface area contributed by atoms with Crippen LogP contribution in [0.15, 0.2) is 18.2 Å². The molecule has 8 nitrogen and oxygen atoms in total. The Balaban J connectivity index is 1.76. The van der Waals surface area contributed by atoms with Gasteiger partial charge in [0.1, 0.15) is 0 Å². The Kier molecular flexibility index (Phi) is 6.88. The lowest BCUT2D eigenvalue weighted by molar-refractivity contribution is -0.153. The highest BCUT2D eigenvalue weighted by atomic mass is 16.7. The lowest BCUT2D eigenvalue weighted by Gasteiger charge is -2.24. The van der Waals surface area contributed by atoms with Gasteiger partial charge in [-0.1, -0.05) is 6.07 Å². The lowest BCUT2D eigenvalue weighted by Crippen LogP contribution is -2.37. The van der Waals surface area contributed by atoms with Crippen LogP contribution in [0.5, 0.6) is 11.5 Å². The molecule has 0 aromatic heterocycles. The van der Waals surface area contributed by atoms with E-state index in [9.17, 15) is 9.59 Å². The molecule has 8 heteroatoms. The van der Waals surface area contributed by atoms with Crippen molar-refractivity contribution in [2.75, 3.05) is 34.4 Å². The maximum absolute atomic E-state index is 12.0. The van der Waals surface area contributed by atoms with Gasteiger partial charge in [-0.15, -0.1) is 0 Å². The largest absolute Gasteiger partial charge is 0.454 e. The minimum atomic E-state index is -0.562. The highest BCUT2D eigenvalue weighted by Gasteiger charge is 2.20. The van der Waals surface area contributed by atoms with Gasteiger partial charge in [-0.05, 0) is 31.0 Å². The van der Waals surface area contributed by atoms with Crippen LogP contribution in [-0.4, -0.2) is 57.4 Å². The topological polar surface area (TPSA) is 83.5 Å². The Morgan fingerprint density at radius 1 is 1.24 bits per heavy atom. The van der Waals surface area contributed by atoms with Crippen LogP contribution in [0.3, 0.4) is 0 Å². The Labute approximate surface area is 146 Å². The van der Waals surface area contributed by atoms with Crippen molar-refractivity contribution in [1.82, 2.24) is 4.90 Å². The van der Waals surface area contributed by atoms with Crippen molar-refractivity contribution in [3.05, 3.63) is 23.8 Å². The summed E-state index contributed by atoms with van der Waals surface area (Å²) in [5.41, 5.74) is 1.02. The highest BCUT2D eigenvalue weighted by Crippen LogP contribution is 2.32. The number of rotatable bonds is 8. The summed E-state index contributed by atoms with van der Waals surface area (Å²) in [5, 5.41) is 0. The molecule has 1 unspecified atom stereocenters. The van der Waals surface area contributed by atoms with Gasteiger partial charge in [0, 0.05) is 20.2 Å². The monoisotopic (exact) mass is 353 g/mol. The third kappa shape index (κ3) is 5.53. The van der Waals surface area contributed by atoms with Gasteiger partial charge in [-0.25, -0.2) is 4.79 Å². The van der Waals surface area contributed by atoms with Crippen LogP contribution in [-0.2, 0) is 25.4 Å². The van der Waals surface area contributed by atoms with Gasteiger partial charge in [-0.3, -0.25) is 4.79 Å². The molecule has 0 fully saturated rings. The molecule has 1 heterocycles. The molecular weight excluding hydrogens is 330 g/mol. The number of hydrogen-bond acceptors (Lipinski definition) is 7. The first kappa shape index (κ1) is 18.9. The van der Waals surface area contributed by atoms with Crippen molar-refractivity contribution < 1.29 is 33.3 Å². The minimum Gasteiger partial charge on any atom is -0.454 e. The average molecular weight is 353 g/mol. The SMILES string of the molecule is COCCC(=O)OCOC(=O)N(C)C(C)Cc1ccc2c(c1)OCO2. The summed E-state index contributed by atoms with van der Waals surface area (Å²) in [7, 11) is 3.12. The fourth-order valence-corrected chi connectivity index (χ4v) is 2.23. The zero-order chi connectivity index (χ0) is 18.2. The molecule has 1 aromatic rings. The number of ether oxygens (including phenoxy) is 5. The lowest BCUT2D eigenvalue weighted by atomic mass is 10.1. The average Bonchev–Trinajstić information content (AvgIpc) is 3.06. The molecule has 0 spiro atoms. The Hall–Kier alpha value is -2.48. The number of carbonyl (C=O) groups excluding carboxylic acids is 2. The molecule has 1 atom stereocenters. The van der Waals surface area contributed by atoms with E-state index in [1.165, 1.54) is 12.0 Å². The van der Waals surface area contributed by atoms with E-state index in [4.69, 9.17) is 23.7 Å². The summed E-state index contributed by atoms with van der Waals surface area (Å²) in [4.78, 5) is 24.7. The third-order valence-corrected chi connectivity index (χ3v) is 3.83. The summed E-state index contributed by atoms with van der Waals surface area (Å²) in [5.74, 6) is 0.947. The predicted octanol–water partition coefficient (Wildman–Crippen LogP) is 1.95. The van der Waals surface area contributed by atoms with E-state index in [2.05, 4.69) is 0 Å². The number of likely N-dealkylation sites (N-methyl/N-ethyl adjacent to an activating group) is 1. The van der Waals surface area contributed by atoms with Gasteiger partial charge in [0.15, 0.2) is 11.5 Å². The summed E-state index contributed by atoms with van der Waals surface area (Å²) >= 11 is 0. The number of esters is 1. The molecule has 0 bridgehead atoms. The molecule has 0 saturated heterocycles. The highest BCUT2D eigenvalue weighted by molar-refractivity contribution is 5.70. The minimum absolute atomic E-state index is 0.114. The Morgan fingerprint density at radius 3 is 2.76 bits per heavy atom. The Bertz CT molecular complexity index is 605. The third-order valence-electron chi connectivity index (χ3n) is 3.83. The molecule has 25 heavy (non-hydrogen) atoms. The molecular formula is C17H23NO7. The molecule has 0 N–H and O–H groups in total. The van der Waals surface area contributed by atoms with Crippen LogP contribution in [0.2, 0.25) is 0 Å². The number of nitrogens with zero attached hydrogens (tertiary/aromatic N) is 1. The van der Waals surface area contributed by atoms with Crippen molar-refractivity contribution in [1.29, 1.82) is 0 Å². The number of hydrogen-bond donors (Lipinski definition) is 0. The van der Waals surface area contributed by atoms with E-state index < -0.39 is 18.9 Å². The predicted molar refractivity (Wildman–Crippen MR) is 87.4 cm³/mol. The fourth-order valence-electron chi connectivity index (χ4n) is 2.23. The van der Waals surface area contributed by atoms with Gasteiger partial charge in [0.25, 0.3) is 0 Å². The summed E-state index contributed by atoms with van der Waals surface area (Å²) < 4.78 is 25.1. The van der Waals surface area contributed by atoms with Crippen molar-refractivity contribution >= 4 is 12.1 Å². The second-order valence-corrected chi connectivity index (χ2v) is 5.64. The standard InChI is InChI=1S/C17H23NO7/c1-12(8-13-4-5-14-15(9-13)23-10-22-14)18(2)17(20)25-11-24-16(19)6-7-21-3/h4-5,9,12H,6-8,10-11H2,1-3H3. The number of fused-ring (bicyclic) bond motifs is 1. The Morgan fingerprint density at radius 2 is 2.00 bits per heavy atom. The molecule has 0 saturated carbocycles. The first-order valence-electron chi connectivity index (χ1n) is 7.94. The van der Waals surface area contributed by atoms with Gasteiger partial charge in [-0.2, -0.15) is 0 Å². The number of amides is 1. The fraction of sp³-hybridized carbons (Fsp3) is 0.529. The van der Waals surface area contributed by atoms with Crippen LogP contribution < -0.4 is 9.47 Å². The van der Waals surface area contributed by atoms with Crippen molar-refractivity contribution in [2.45, 2.75) is 25.8 Å². The van der Waals surface area contributed by atoms with Crippen LogP contribution in [0.1, 0.15) is 18.9 Å². The van der Waals surface area contributed by atoms with Crippen molar-refractivity contribution in [2.24, 2.45) is 0 Å². The van der Waals surface area contributed by atoms with E-state index in [1.807, 2.05) is 25.1 Å². The van der Waals surface area contributed by atoms with Crippen LogP contribution in [0.25, 0.3) is 0 Å². The molecule has 1 aliphatic heterocycles.